The molecule has 21 heavy (non-hydrogen) atoms. The molecule has 1 heterocycles. The second-order valence-corrected chi connectivity index (χ2v) is 4.80. The first-order valence-electron chi connectivity index (χ1n) is 7.55. The molecule has 0 spiro atoms. The Morgan fingerprint density at radius 1 is 1.24 bits per heavy atom. The number of hydrogen-bond acceptors (Lipinski definition) is 5. The maximum Gasteiger partial charge on any atom is 0.264 e. The maximum absolute atomic E-state index is 5.87. The van der Waals surface area contributed by atoms with Crippen LogP contribution in [0, 0.1) is 0 Å². The fourth-order valence-electron chi connectivity index (χ4n) is 2.25. The number of para-hydroxylation sites is 1. The number of benzene rings is 1. The summed E-state index contributed by atoms with van der Waals surface area (Å²) in [6.07, 6.45) is 1.77. The topological polar surface area (TPSA) is 60.2 Å². The van der Waals surface area contributed by atoms with Gasteiger partial charge in [0.2, 0.25) is 0 Å². The summed E-state index contributed by atoms with van der Waals surface area (Å²) in [6, 6.07) is 8.37. The molecule has 5 nitrogen and oxygen atoms in total. The third kappa shape index (κ3) is 4.04. The Hall–Kier alpha value is -1.88. The van der Waals surface area contributed by atoms with Crippen molar-refractivity contribution in [3.8, 4) is 5.75 Å². The van der Waals surface area contributed by atoms with Crippen LogP contribution in [0.4, 0.5) is 0 Å². The molecular weight excluding hydrogens is 266 g/mol. The third-order valence-electron chi connectivity index (χ3n) is 3.33. The van der Waals surface area contributed by atoms with Crippen LogP contribution in [0.5, 0.6) is 5.75 Å². The number of ether oxygens (including phenoxy) is 1. The maximum atomic E-state index is 5.87. The highest BCUT2D eigenvalue weighted by atomic mass is 16.5. The molecule has 0 saturated carbocycles. The second kappa shape index (κ2) is 7.78. The fourth-order valence-corrected chi connectivity index (χ4v) is 2.25. The Balaban J connectivity index is 2.08. The van der Waals surface area contributed by atoms with Crippen molar-refractivity contribution < 1.29 is 9.26 Å². The molecule has 2 aromatic rings. The first-order valence-corrected chi connectivity index (χ1v) is 7.55. The summed E-state index contributed by atoms with van der Waals surface area (Å²) in [5, 5.41) is 7.34. The average Bonchev–Trinajstić information content (AvgIpc) is 2.99. The molecule has 1 aromatic carbocycles. The predicted octanol–water partition coefficient (Wildman–Crippen LogP) is 3.27. The molecule has 0 bridgehead atoms. The smallest absolute Gasteiger partial charge is 0.264 e. The summed E-state index contributed by atoms with van der Waals surface area (Å²) < 4.78 is 11.0. The highest BCUT2D eigenvalue weighted by Crippen LogP contribution is 2.27. The zero-order chi connectivity index (χ0) is 15.1. The number of rotatable bonds is 8. The van der Waals surface area contributed by atoms with E-state index < -0.39 is 0 Å². The monoisotopic (exact) mass is 289 g/mol. The van der Waals surface area contributed by atoms with Gasteiger partial charge in [-0.05, 0) is 19.0 Å². The van der Waals surface area contributed by atoms with Crippen LogP contribution in [-0.4, -0.2) is 16.7 Å². The zero-order valence-electron chi connectivity index (χ0n) is 12.9. The van der Waals surface area contributed by atoms with E-state index in [-0.39, 0.29) is 0 Å². The summed E-state index contributed by atoms with van der Waals surface area (Å²) in [5.41, 5.74) is 1.16. The van der Waals surface area contributed by atoms with Crippen molar-refractivity contribution in [1.82, 2.24) is 15.5 Å². The Kier molecular flexibility index (Phi) is 5.75. The summed E-state index contributed by atoms with van der Waals surface area (Å²) in [7, 11) is 0. The molecule has 2 rings (SSSR count). The molecule has 0 aliphatic rings. The molecule has 0 fully saturated rings. The number of nitrogens with one attached hydrogen (secondary N) is 1. The van der Waals surface area contributed by atoms with Crippen LogP contribution < -0.4 is 10.1 Å². The lowest BCUT2D eigenvalue weighted by molar-refractivity contribution is 0.238. The van der Waals surface area contributed by atoms with Gasteiger partial charge in [-0.25, -0.2) is 0 Å². The third-order valence-corrected chi connectivity index (χ3v) is 3.33. The molecular formula is C16H23N3O2. The molecule has 0 aliphatic heterocycles. The quantitative estimate of drug-likeness (QED) is 0.808. The van der Waals surface area contributed by atoms with Crippen LogP contribution in [0.2, 0.25) is 0 Å². The molecule has 5 heteroatoms. The Labute approximate surface area is 125 Å². The predicted molar refractivity (Wildman–Crippen MR) is 81.2 cm³/mol. The second-order valence-electron chi connectivity index (χ2n) is 4.80. The van der Waals surface area contributed by atoms with Gasteiger partial charge >= 0.3 is 0 Å². The van der Waals surface area contributed by atoms with Crippen LogP contribution in [0.25, 0.3) is 0 Å². The highest BCUT2D eigenvalue weighted by Gasteiger charge is 2.14. The van der Waals surface area contributed by atoms with E-state index >= 15 is 0 Å². The Morgan fingerprint density at radius 3 is 2.71 bits per heavy atom. The highest BCUT2D eigenvalue weighted by molar-refractivity contribution is 5.36. The van der Waals surface area contributed by atoms with E-state index in [1.807, 2.05) is 25.1 Å². The van der Waals surface area contributed by atoms with Crippen molar-refractivity contribution in [3.05, 3.63) is 41.5 Å². The number of aryl methyl sites for hydroxylation is 1. The van der Waals surface area contributed by atoms with Crippen molar-refractivity contribution in [3.63, 3.8) is 0 Å². The van der Waals surface area contributed by atoms with Gasteiger partial charge in [0.25, 0.3) is 5.89 Å². The van der Waals surface area contributed by atoms with E-state index in [2.05, 4.69) is 35.4 Å². The molecule has 0 saturated heterocycles. The normalized spacial score (nSPS) is 12.3. The van der Waals surface area contributed by atoms with Gasteiger partial charge in [-0.3, -0.25) is 0 Å². The molecule has 0 radical (unpaired) electrons. The Morgan fingerprint density at radius 2 is 2.05 bits per heavy atom. The minimum absolute atomic E-state index is 0.292. The van der Waals surface area contributed by atoms with Gasteiger partial charge in [0.15, 0.2) is 12.4 Å². The summed E-state index contributed by atoms with van der Waals surface area (Å²) in [6.45, 7) is 7.49. The van der Waals surface area contributed by atoms with Gasteiger partial charge in [-0.1, -0.05) is 44.1 Å². The molecule has 1 unspecified atom stereocenters. The van der Waals surface area contributed by atoms with Gasteiger partial charge in [0, 0.05) is 18.0 Å². The molecule has 1 aromatic heterocycles. The van der Waals surface area contributed by atoms with Gasteiger partial charge in [0.05, 0.1) is 0 Å². The molecule has 0 amide bonds. The minimum atomic E-state index is 0.292. The summed E-state index contributed by atoms with van der Waals surface area (Å²) >= 11 is 0. The average molecular weight is 289 g/mol. The largest absolute Gasteiger partial charge is 0.483 e. The van der Waals surface area contributed by atoms with Crippen LogP contribution in [-0.2, 0) is 13.0 Å². The van der Waals surface area contributed by atoms with E-state index in [0.29, 0.717) is 24.4 Å². The van der Waals surface area contributed by atoms with Crippen LogP contribution in [0.15, 0.2) is 28.8 Å². The zero-order valence-corrected chi connectivity index (χ0v) is 12.9. The van der Waals surface area contributed by atoms with Crippen LogP contribution >= 0.6 is 0 Å². The standard InChI is InChI=1S/C16H23N3O2/c1-4-13(17-6-3)12-9-7-8-10-14(12)20-11-16-18-15(5-2)19-21-16/h7-10,13,17H,4-6,11H2,1-3H3. The molecule has 114 valence electrons. The van der Waals surface area contributed by atoms with E-state index in [1.54, 1.807) is 0 Å². The summed E-state index contributed by atoms with van der Waals surface area (Å²) in [5.74, 6) is 2.08. The van der Waals surface area contributed by atoms with E-state index in [4.69, 9.17) is 9.26 Å². The Bertz CT molecular complexity index is 554. The summed E-state index contributed by atoms with van der Waals surface area (Å²) in [4.78, 5) is 4.26. The van der Waals surface area contributed by atoms with Crippen molar-refractivity contribution in [2.75, 3.05) is 6.54 Å². The van der Waals surface area contributed by atoms with Gasteiger partial charge in [-0.2, -0.15) is 4.98 Å². The minimum Gasteiger partial charge on any atom is -0.483 e. The van der Waals surface area contributed by atoms with E-state index in [0.717, 1.165) is 30.7 Å². The molecule has 0 aliphatic carbocycles. The van der Waals surface area contributed by atoms with Crippen molar-refractivity contribution in [1.29, 1.82) is 0 Å². The lowest BCUT2D eigenvalue weighted by atomic mass is 10.0. The number of nitrogens with zero attached hydrogens (tertiary/aromatic N) is 2. The number of aromatic nitrogens is 2. The van der Waals surface area contributed by atoms with Gasteiger partial charge in [0.1, 0.15) is 5.75 Å². The first kappa shape index (κ1) is 15.5. The van der Waals surface area contributed by atoms with Gasteiger partial charge < -0.3 is 14.6 Å². The first-order chi connectivity index (χ1) is 10.3. The van der Waals surface area contributed by atoms with E-state index in [9.17, 15) is 0 Å². The van der Waals surface area contributed by atoms with Crippen molar-refractivity contribution in [2.45, 2.75) is 46.3 Å². The molecule has 1 atom stereocenters. The number of hydrogen-bond donors (Lipinski definition) is 1. The van der Waals surface area contributed by atoms with Crippen LogP contribution in [0.1, 0.15) is 50.5 Å². The van der Waals surface area contributed by atoms with Crippen molar-refractivity contribution in [2.24, 2.45) is 0 Å². The van der Waals surface area contributed by atoms with Gasteiger partial charge in [-0.15, -0.1) is 0 Å². The van der Waals surface area contributed by atoms with Crippen molar-refractivity contribution >= 4 is 0 Å². The fraction of sp³-hybridized carbons (Fsp3) is 0.500. The van der Waals surface area contributed by atoms with Crippen LogP contribution in [0.3, 0.4) is 0 Å². The SMILES string of the molecule is CCNC(CC)c1ccccc1OCc1nc(CC)no1. The lowest BCUT2D eigenvalue weighted by Crippen LogP contribution is -2.20. The lowest BCUT2D eigenvalue weighted by Gasteiger charge is -2.19. The molecule has 1 N–H and O–H groups in total. The van der Waals surface area contributed by atoms with E-state index in [1.165, 1.54) is 0 Å².